The summed E-state index contributed by atoms with van der Waals surface area (Å²) in [5.74, 6) is 1.48. The van der Waals surface area contributed by atoms with Gasteiger partial charge in [0.1, 0.15) is 11.5 Å². The molecule has 6 heterocycles. The van der Waals surface area contributed by atoms with Gasteiger partial charge in [-0.05, 0) is 152 Å². The van der Waals surface area contributed by atoms with E-state index in [2.05, 4.69) is 86.2 Å². The van der Waals surface area contributed by atoms with E-state index in [0.717, 1.165) is 73.1 Å². The molecule has 5 aromatic carbocycles. The van der Waals surface area contributed by atoms with E-state index in [4.69, 9.17) is 39.3 Å². The molecular formula is C71H58F5N7O6SSi. The molecule has 458 valence electrons. The fourth-order valence-corrected chi connectivity index (χ4v) is 13.2. The van der Waals surface area contributed by atoms with Crippen molar-refractivity contribution in [3.63, 3.8) is 0 Å². The Labute approximate surface area is 527 Å². The Hall–Kier alpha value is -10.2. The second-order valence-corrected chi connectivity index (χ2v) is 25.2. The monoisotopic (exact) mass is 1260 g/mol. The zero-order chi connectivity index (χ0) is 64.2. The highest BCUT2D eigenvalue weighted by molar-refractivity contribution is 7.13. The van der Waals surface area contributed by atoms with Gasteiger partial charge in [-0.3, -0.25) is 14.5 Å². The molecule has 2 N–H and O–H groups in total. The van der Waals surface area contributed by atoms with Gasteiger partial charge >= 0.3 is 32.9 Å². The molecule has 2 aliphatic rings. The number of benzene rings is 5. The Morgan fingerprint density at radius 3 is 1.60 bits per heavy atom. The lowest BCUT2D eigenvalue weighted by Crippen LogP contribution is -2.54. The Balaban J connectivity index is 1.06. The number of rotatable bonds is 17. The number of carbonyl (C=O) groups is 1. The summed E-state index contributed by atoms with van der Waals surface area (Å²) in [7, 11) is 3.83. The maximum absolute atomic E-state index is 14.9. The highest BCUT2D eigenvalue weighted by atomic mass is 32.1. The number of halogens is 5. The number of alkyl halides is 5. The van der Waals surface area contributed by atoms with Gasteiger partial charge in [0.15, 0.2) is 0 Å². The lowest BCUT2D eigenvalue weighted by molar-refractivity contribution is -0.276. The molecular weight excluding hydrogens is 1200 g/mol. The average molecular weight is 1260 g/mol. The summed E-state index contributed by atoms with van der Waals surface area (Å²) in [4.78, 5) is 39.3. The number of anilines is 4. The second-order valence-electron chi connectivity index (χ2n) is 21.2. The van der Waals surface area contributed by atoms with Gasteiger partial charge in [-0.25, -0.2) is 16.5 Å². The van der Waals surface area contributed by atoms with E-state index in [1.54, 1.807) is 26.4 Å². The van der Waals surface area contributed by atoms with Crippen LogP contribution in [0.25, 0.3) is 79.5 Å². The van der Waals surface area contributed by atoms with Gasteiger partial charge in [0.2, 0.25) is 0 Å². The normalized spacial score (nSPS) is 12.6. The summed E-state index contributed by atoms with van der Waals surface area (Å²) in [6.45, 7) is 9.92. The summed E-state index contributed by atoms with van der Waals surface area (Å²) in [6, 6.07) is 47.0. The number of hydrogen-bond donors (Lipinski definition) is 2. The number of hydrogen-bond acceptors (Lipinski definition) is 10. The van der Waals surface area contributed by atoms with E-state index >= 15 is 0 Å². The number of nitrogens with one attached hydrogen (secondary N) is 2. The molecule has 1 unspecified atom stereocenters. The van der Waals surface area contributed by atoms with E-state index in [0.29, 0.717) is 60.3 Å². The predicted molar refractivity (Wildman–Crippen MR) is 353 cm³/mol. The average Bonchev–Trinajstić information content (AvgIpc) is 1.80. The molecule has 20 heteroatoms. The largest absolute Gasteiger partial charge is 0.536 e. The minimum absolute atomic E-state index is 0.260. The van der Waals surface area contributed by atoms with Crippen LogP contribution in [0.15, 0.2) is 164 Å². The Kier molecular flexibility index (Phi) is 17.9. The van der Waals surface area contributed by atoms with E-state index in [9.17, 15) is 26.7 Å². The molecule has 0 aliphatic carbocycles. The lowest BCUT2D eigenvalue weighted by atomic mass is 10.0. The Morgan fingerprint density at radius 2 is 1.09 bits per heavy atom. The third-order valence-corrected chi connectivity index (χ3v) is 19.1. The van der Waals surface area contributed by atoms with Gasteiger partial charge in [-0.15, -0.1) is 11.3 Å². The van der Waals surface area contributed by atoms with Crippen molar-refractivity contribution in [1.29, 1.82) is 0 Å². The van der Waals surface area contributed by atoms with Crippen LogP contribution >= 0.6 is 11.3 Å². The van der Waals surface area contributed by atoms with Crippen molar-refractivity contribution in [3.8, 4) is 45.6 Å². The van der Waals surface area contributed by atoms with Crippen LogP contribution in [0.4, 0.5) is 44.7 Å². The summed E-state index contributed by atoms with van der Waals surface area (Å²) < 4.78 is 98.6. The van der Waals surface area contributed by atoms with Gasteiger partial charge in [0.05, 0.1) is 70.7 Å². The van der Waals surface area contributed by atoms with Crippen LogP contribution < -0.4 is 24.5 Å². The molecule has 0 spiro atoms. The number of nitrogens with zero attached hydrogens (tertiary/aromatic N) is 5. The first kappa shape index (κ1) is 62.4. The van der Waals surface area contributed by atoms with Crippen LogP contribution in [-0.2, 0) is 18.1 Å². The zero-order valence-corrected chi connectivity index (χ0v) is 52.1. The molecule has 11 rings (SSSR count). The van der Waals surface area contributed by atoms with Gasteiger partial charge in [0, 0.05) is 76.7 Å². The molecule has 91 heavy (non-hydrogen) atoms. The highest BCUT2D eigenvalue weighted by Gasteiger charge is 2.59. The number of fused-ring (bicyclic) bond motifs is 8. The second kappa shape index (κ2) is 26.1. The van der Waals surface area contributed by atoms with Crippen molar-refractivity contribution in [2.45, 2.75) is 32.0 Å². The van der Waals surface area contributed by atoms with Crippen molar-refractivity contribution in [2.75, 3.05) is 51.9 Å². The summed E-state index contributed by atoms with van der Waals surface area (Å²) in [5, 5.41) is 0.344. The van der Waals surface area contributed by atoms with E-state index in [1.807, 2.05) is 105 Å². The highest BCUT2D eigenvalue weighted by Crippen LogP contribution is 2.44. The molecule has 1 amide bonds. The number of aromatic amines is 2. The number of amides is 1. The maximum atomic E-state index is 14.9. The van der Waals surface area contributed by atoms with Gasteiger partial charge in [0.25, 0.3) is 0 Å². The standard InChI is InChI=1S/C71H58F5N7O6SSi/c1-44-9-13-46(14-10-44)66-59-37-35-57(78-59)56(33-29-53-27-28-54(90-53)30-34-65(77-3)69(84)82(43-70(72,73)71(74,75)76)48-21-31-55(32-22-48)91(87-6,88-7)89-8)58-36-38-60(79-58)67(47-15-11-45(2)12-16-47)62-40-42-64(81-62)68(63-41-39-61(66)80-63)83(49-17-23-51(85-4)24-18-49)50-19-25-52(86-5)26-20-50/h9-28,30-32,34-42,65,78,81H,43H2,1-2,4-8H3/b34-30+,57-56?,58-56?,66-59?,66-61?,67-60?,67-62?,68-63?,68-64?. The van der Waals surface area contributed by atoms with Crippen LogP contribution in [0.3, 0.4) is 0 Å². The van der Waals surface area contributed by atoms with Crippen molar-refractivity contribution in [2.24, 2.45) is 0 Å². The minimum Gasteiger partial charge on any atom is -0.497 e. The first-order valence-corrected chi connectivity index (χ1v) is 31.0. The molecule has 1 atom stereocenters. The molecule has 0 saturated carbocycles. The number of H-pyrrole nitrogens is 2. The molecule has 2 aliphatic heterocycles. The smallest absolute Gasteiger partial charge is 0.497 e. The molecule has 13 nitrogen and oxygen atoms in total. The Morgan fingerprint density at radius 1 is 0.604 bits per heavy atom. The van der Waals surface area contributed by atoms with E-state index in [1.165, 1.54) is 63.0 Å². The van der Waals surface area contributed by atoms with Crippen LogP contribution in [0.1, 0.15) is 49.2 Å². The molecule has 0 fully saturated rings. The number of carbonyl (C=O) groups excluding carboxylic acids is 1. The fourth-order valence-electron chi connectivity index (χ4n) is 10.7. The van der Waals surface area contributed by atoms with E-state index < -0.39 is 39.4 Å². The van der Waals surface area contributed by atoms with Crippen molar-refractivity contribution in [1.82, 2.24) is 19.9 Å². The van der Waals surface area contributed by atoms with Crippen molar-refractivity contribution >= 4 is 106 Å². The molecule has 4 aromatic heterocycles. The van der Waals surface area contributed by atoms with Gasteiger partial charge in [-0.2, -0.15) is 22.0 Å². The van der Waals surface area contributed by atoms with Crippen molar-refractivity contribution in [3.05, 3.63) is 224 Å². The molecule has 8 bridgehead atoms. The minimum atomic E-state index is -6.00. The van der Waals surface area contributed by atoms with Crippen LogP contribution in [0, 0.1) is 32.3 Å². The van der Waals surface area contributed by atoms with Gasteiger partial charge in [-0.1, -0.05) is 83.6 Å². The van der Waals surface area contributed by atoms with Crippen molar-refractivity contribution < 1.29 is 49.5 Å². The summed E-state index contributed by atoms with van der Waals surface area (Å²) >= 11 is 1.21. The van der Waals surface area contributed by atoms with E-state index in [-0.39, 0.29) is 10.6 Å². The number of ether oxygens (including phenoxy) is 2. The number of methoxy groups -OCH3 is 2. The zero-order valence-electron chi connectivity index (χ0n) is 50.2. The molecule has 0 saturated heterocycles. The third kappa shape index (κ3) is 12.9. The van der Waals surface area contributed by atoms with Crippen LogP contribution in [0.5, 0.6) is 11.5 Å². The molecule has 0 radical (unpaired) electrons. The maximum Gasteiger partial charge on any atom is 0.536 e. The number of thiophene rings is 1. The first-order valence-electron chi connectivity index (χ1n) is 28.4. The summed E-state index contributed by atoms with van der Waals surface area (Å²) in [6.07, 6.45) is 4.54. The number of aromatic nitrogens is 4. The van der Waals surface area contributed by atoms with Crippen LogP contribution in [0.2, 0.25) is 0 Å². The first-order chi connectivity index (χ1) is 43.9. The molecule has 9 aromatic rings. The third-order valence-electron chi connectivity index (χ3n) is 15.4. The fraction of sp³-hybridized carbons (Fsp3) is 0.155. The SMILES string of the molecule is [C-]#[N+]C(/C=C/c1ccc(C#Cc2c3nc(c(-c4ccc(C)cc4)c4ccc([nH]4)c(N(c4ccc(OC)cc4)c4ccc(OC)cc4)c4nc(c(-c5ccc(C)cc5)c5ccc2[nH]5)C=C4)C=C3)s1)C(=O)N(CC(F)(F)C(F)(F)F)c1ccc([Si](OC)(OC)OC)cc1. The summed E-state index contributed by atoms with van der Waals surface area (Å²) in [5.41, 5.74) is 13.8. The number of aryl methyl sites for hydroxylation is 2. The lowest BCUT2D eigenvalue weighted by Gasteiger charge is -2.29. The predicted octanol–water partition coefficient (Wildman–Crippen LogP) is 16.2. The quantitative estimate of drug-likeness (QED) is 0.0396. The topological polar surface area (TPSA) is 131 Å². The van der Waals surface area contributed by atoms with Crippen LogP contribution in [-0.4, -0.2) is 94.9 Å². The Bertz CT molecular complexity index is 4480. The van der Waals surface area contributed by atoms with Gasteiger partial charge < -0.3 is 37.6 Å².